The molecule has 0 fully saturated rings. The molecule has 0 spiro atoms. The third-order valence-electron chi connectivity index (χ3n) is 1.73. The van der Waals surface area contributed by atoms with Crippen LogP contribution in [0.15, 0.2) is 22.8 Å². The first-order valence-corrected chi connectivity index (χ1v) is 4.03. The predicted octanol–water partition coefficient (Wildman–Crippen LogP) is 0.623. The highest BCUT2D eigenvalue weighted by Gasteiger charge is 2.25. The molecule has 0 bridgehead atoms. The quantitative estimate of drug-likeness (QED) is 0.722. The average Bonchev–Trinajstić information content (AvgIpc) is 2.53. The van der Waals surface area contributed by atoms with E-state index in [1.165, 1.54) is 13.2 Å². The normalized spacial score (nSPS) is 15.0. The number of rotatable bonds is 3. The molecule has 0 saturated carbocycles. The van der Waals surface area contributed by atoms with Gasteiger partial charge in [-0.1, -0.05) is 0 Å². The highest BCUT2D eigenvalue weighted by atomic mass is 16.4. The van der Waals surface area contributed by atoms with Gasteiger partial charge in [0.05, 0.1) is 12.8 Å². The Balaban J connectivity index is 2.61. The molecule has 1 aromatic heterocycles. The van der Waals surface area contributed by atoms with Crippen molar-refractivity contribution < 1.29 is 14.3 Å². The van der Waals surface area contributed by atoms with Crippen LogP contribution in [0, 0.1) is 0 Å². The first-order valence-electron chi connectivity index (χ1n) is 4.03. The number of hydrogen-bond acceptors (Lipinski definition) is 3. The summed E-state index contributed by atoms with van der Waals surface area (Å²) in [5.41, 5.74) is -1.14. The molecule has 0 saturated heterocycles. The molecule has 4 heteroatoms. The van der Waals surface area contributed by atoms with E-state index in [1.54, 1.807) is 19.1 Å². The number of aliphatic hydroxyl groups is 1. The summed E-state index contributed by atoms with van der Waals surface area (Å²) in [6.45, 7) is 3.13. The Kier molecular flexibility index (Phi) is 2.72. The van der Waals surface area contributed by atoms with Gasteiger partial charge in [0, 0.05) is 6.92 Å². The molecule has 1 unspecified atom stereocenters. The molecular weight excluding hydrogens is 170 g/mol. The molecular formula is C9H13NO3. The molecule has 13 heavy (non-hydrogen) atoms. The maximum atomic E-state index is 10.6. The molecule has 1 amide bonds. The summed E-state index contributed by atoms with van der Waals surface area (Å²) < 4.78 is 5.03. The van der Waals surface area contributed by atoms with Gasteiger partial charge in [-0.2, -0.15) is 0 Å². The monoisotopic (exact) mass is 183 g/mol. The maximum absolute atomic E-state index is 10.6. The van der Waals surface area contributed by atoms with Crippen LogP contribution in [0.5, 0.6) is 0 Å². The summed E-state index contributed by atoms with van der Waals surface area (Å²) in [7, 11) is 0. The lowest BCUT2D eigenvalue weighted by molar-refractivity contribution is -0.120. The van der Waals surface area contributed by atoms with E-state index in [4.69, 9.17) is 4.42 Å². The Bertz CT molecular complexity index is 277. The highest BCUT2D eigenvalue weighted by molar-refractivity contribution is 5.72. The van der Waals surface area contributed by atoms with Crippen molar-refractivity contribution in [3.63, 3.8) is 0 Å². The van der Waals surface area contributed by atoms with Gasteiger partial charge in [-0.25, -0.2) is 0 Å². The maximum Gasteiger partial charge on any atom is 0.216 e. The van der Waals surface area contributed by atoms with Crippen molar-refractivity contribution in [1.82, 2.24) is 5.32 Å². The van der Waals surface area contributed by atoms with E-state index in [0.29, 0.717) is 5.76 Å². The Labute approximate surface area is 76.6 Å². The minimum Gasteiger partial charge on any atom is -0.466 e. The van der Waals surface area contributed by atoms with E-state index < -0.39 is 5.60 Å². The summed E-state index contributed by atoms with van der Waals surface area (Å²) in [6, 6.07) is 3.36. The van der Waals surface area contributed by atoms with E-state index >= 15 is 0 Å². The van der Waals surface area contributed by atoms with Gasteiger partial charge in [-0.3, -0.25) is 4.79 Å². The second-order valence-corrected chi connectivity index (χ2v) is 3.16. The Morgan fingerprint density at radius 3 is 2.92 bits per heavy atom. The fraction of sp³-hybridized carbons (Fsp3) is 0.444. The number of carbonyl (C=O) groups is 1. The van der Waals surface area contributed by atoms with Gasteiger partial charge in [-0.05, 0) is 19.1 Å². The fourth-order valence-corrected chi connectivity index (χ4v) is 0.969. The van der Waals surface area contributed by atoms with Crippen molar-refractivity contribution in [2.45, 2.75) is 19.4 Å². The third kappa shape index (κ3) is 2.59. The molecule has 1 rings (SSSR count). The van der Waals surface area contributed by atoms with Crippen LogP contribution in [0.25, 0.3) is 0 Å². The molecule has 0 aliphatic rings. The number of hydrogen-bond donors (Lipinski definition) is 2. The SMILES string of the molecule is CC(=O)NCC(C)(O)c1ccco1. The minimum absolute atomic E-state index is 0.149. The highest BCUT2D eigenvalue weighted by Crippen LogP contribution is 2.19. The molecule has 1 aromatic rings. The van der Waals surface area contributed by atoms with E-state index in [2.05, 4.69) is 5.32 Å². The Morgan fingerprint density at radius 2 is 2.46 bits per heavy atom. The Hall–Kier alpha value is -1.29. The van der Waals surface area contributed by atoms with Crippen LogP contribution < -0.4 is 5.32 Å². The van der Waals surface area contributed by atoms with E-state index in [1.807, 2.05) is 0 Å². The summed E-state index contributed by atoms with van der Waals surface area (Å²) in [4.78, 5) is 10.6. The lowest BCUT2D eigenvalue weighted by Crippen LogP contribution is -2.37. The van der Waals surface area contributed by atoms with E-state index in [-0.39, 0.29) is 12.5 Å². The molecule has 0 aliphatic carbocycles. The second-order valence-electron chi connectivity index (χ2n) is 3.16. The molecule has 0 aliphatic heterocycles. The van der Waals surface area contributed by atoms with Gasteiger partial charge in [-0.15, -0.1) is 0 Å². The van der Waals surface area contributed by atoms with Gasteiger partial charge >= 0.3 is 0 Å². The number of nitrogens with one attached hydrogen (secondary N) is 1. The van der Waals surface area contributed by atoms with Crippen molar-refractivity contribution in [2.24, 2.45) is 0 Å². The van der Waals surface area contributed by atoms with Crippen LogP contribution in [-0.4, -0.2) is 17.6 Å². The molecule has 4 nitrogen and oxygen atoms in total. The van der Waals surface area contributed by atoms with Crippen LogP contribution in [0.1, 0.15) is 19.6 Å². The van der Waals surface area contributed by atoms with Gasteiger partial charge in [0.1, 0.15) is 11.4 Å². The topological polar surface area (TPSA) is 62.5 Å². The largest absolute Gasteiger partial charge is 0.466 e. The summed E-state index contributed by atoms with van der Waals surface area (Å²) in [6.07, 6.45) is 1.48. The van der Waals surface area contributed by atoms with E-state index in [9.17, 15) is 9.90 Å². The van der Waals surface area contributed by atoms with Gasteiger partial charge in [0.15, 0.2) is 0 Å². The van der Waals surface area contributed by atoms with Crippen LogP contribution in [0.2, 0.25) is 0 Å². The van der Waals surface area contributed by atoms with Crippen molar-refractivity contribution in [1.29, 1.82) is 0 Å². The van der Waals surface area contributed by atoms with Crippen molar-refractivity contribution in [3.05, 3.63) is 24.2 Å². The lowest BCUT2D eigenvalue weighted by Gasteiger charge is -2.20. The van der Waals surface area contributed by atoms with Crippen LogP contribution in [0.3, 0.4) is 0 Å². The fourth-order valence-electron chi connectivity index (χ4n) is 0.969. The summed E-state index contributed by atoms with van der Waals surface area (Å²) in [5, 5.41) is 12.3. The standard InChI is InChI=1S/C9H13NO3/c1-7(11)10-6-9(2,12)8-4-3-5-13-8/h3-5,12H,6H2,1-2H3,(H,10,11). The number of furan rings is 1. The molecule has 1 heterocycles. The smallest absolute Gasteiger partial charge is 0.216 e. The summed E-state index contributed by atoms with van der Waals surface area (Å²) >= 11 is 0. The first-order chi connectivity index (χ1) is 6.02. The van der Waals surface area contributed by atoms with Crippen molar-refractivity contribution in [2.75, 3.05) is 6.54 Å². The average molecular weight is 183 g/mol. The van der Waals surface area contributed by atoms with Crippen LogP contribution >= 0.6 is 0 Å². The summed E-state index contributed by atoms with van der Waals surface area (Å²) in [5.74, 6) is 0.271. The lowest BCUT2D eigenvalue weighted by atomic mass is 10.0. The molecule has 2 N–H and O–H groups in total. The minimum atomic E-state index is -1.14. The predicted molar refractivity (Wildman–Crippen MR) is 47.0 cm³/mol. The van der Waals surface area contributed by atoms with Gasteiger partial charge in [0.2, 0.25) is 5.91 Å². The second kappa shape index (κ2) is 3.62. The zero-order chi connectivity index (χ0) is 9.90. The van der Waals surface area contributed by atoms with Gasteiger partial charge in [0.25, 0.3) is 0 Å². The zero-order valence-corrected chi connectivity index (χ0v) is 7.70. The van der Waals surface area contributed by atoms with Crippen molar-refractivity contribution >= 4 is 5.91 Å². The van der Waals surface area contributed by atoms with Crippen LogP contribution in [0.4, 0.5) is 0 Å². The molecule has 72 valence electrons. The van der Waals surface area contributed by atoms with Gasteiger partial charge < -0.3 is 14.8 Å². The number of carbonyl (C=O) groups excluding carboxylic acids is 1. The molecule has 0 radical (unpaired) electrons. The zero-order valence-electron chi connectivity index (χ0n) is 7.70. The third-order valence-corrected chi connectivity index (χ3v) is 1.73. The van der Waals surface area contributed by atoms with Crippen LogP contribution in [-0.2, 0) is 10.4 Å². The van der Waals surface area contributed by atoms with E-state index in [0.717, 1.165) is 0 Å². The van der Waals surface area contributed by atoms with Crippen molar-refractivity contribution in [3.8, 4) is 0 Å². The first kappa shape index (κ1) is 9.80. The Morgan fingerprint density at radius 1 is 1.77 bits per heavy atom. The number of amides is 1. The molecule has 0 aromatic carbocycles. The molecule has 1 atom stereocenters.